The molecule has 7 heteroatoms. The summed E-state index contributed by atoms with van der Waals surface area (Å²) in [6, 6.07) is 22.2. The highest BCUT2D eigenvalue weighted by Gasteiger charge is 2.20. The summed E-state index contributed by atoms with van der Waals surface area (Å²) in [5.41, 5.74) is 1.92. The van der Waals surface area contributed by atoms with Crippen molar-refractivity contribution in [2.45, 2.75) is 31.3 Å². The topological polar surface area (TPSA) is 84.5 Å². The first-order valence-corrected chi connectivity index (χ1v) is 11.1. The summed E-state index contributed by atoms with van der Waals surface area (Å²) in [7, 11) is -3.71. The van der Waals surface area contributed by atoms with Crippen molar-refractivity contribution in [1.82, 2.24) is 0 Å². The van der Waals surface area contributed by atoms with Crippen LogP contribution in [0.3, 0.4) is 0 Å². The molecule has 0 aliphatic heterocycles. The molecule has 0 aliphatic rings. The van der Waals surface area contributed by atoms with E-state index < -0.39 is 16.1 Å². The molecule has 0 spiro atoms. The maximum Gasteiger partial charge on any atom is 0.265 e. The highest BCUT2D eigenvalue weighted by atomic mass is 32.2. The third kappa shape index (κ3) is 5.39. The zero-order valence-corrected chi connectivity index (χ0v) is 17.6. The van der Waals surface area contributed by atoms with E-state index in [1.807, 2.05) is 44.2 Å². The first-order valence-electron chi connectivity index (χ1n) is 9.60. The average molecular weight is 425 g/mol. The molecule has 1 atom stereocenters. The SMILES string of the molecule is CCC(Oc1ccccc1C)C(=O)Nc1ccc(S(=O)(=O)Nc2ccccc2)cc1. The lowest BCUT2D eigenvalue weighted by Crippen LogP contribution is -2.32. The Labute approximate surface area is 177 Å². The number of anilines is 2. The van der Waals surface area contributed by atoms with Crippen LogP contribution in [-0.2, 0) is 14.8 Å². The highest BCUT2D eigenvalue weighted by Crippen LogP contribution is 2.21. The number of hydrogen-bond donors (Lipinski definition) is 2. The molecule has 0 aromatic heterocycles. The number of aryl methyl sites for hydroxylation is 1. The largest absolute Gasteiger partial charge is 0.480 e. The summed E-state index contributed by atoms with van der Waals surface area (Å²) < 4.78 is 33.4. The monoisotopic (exact) mass is 424 g/mol. The molecule has 0 bridgehead atoms. The number of hydrogen-bond acceptors (Lipinski definition) is 4. The fraction of sp³-hybridized carbons (Fsp3) is 0.174. The van der Waals surface area contributed by atoms with Gasteiger partial charge in [0.1, 0.15) is 5.75 Å². The number of benzene rings is 3. The smallest absolute Gasteiger partial charge is 0.265 e. The van der Waals surface area contributed by atoms with Gasteiger partial charge in [0.2, 0.25) is 0 Å². The molecule has 0 radical (unpaired) electrons. The number of nitrogens with one attached hydrogen (secondary N) is 2. The van der Waals surface area contributed by atoms with Crippen LogP contribution < -0.4 is 14.8 Å². The third-order valence-electron chi connectivity index (χ3n) is 4.48. The molecule has 6 nitrogen and oxygen atoms in total. The highest BCUT2D eigenvalue weighted by molar-refractivity contribution is 7.92. The lowest BCUT2D eigenvalue weighted by Gasteiger charge is -2.18. The molecule has 0 fully saturated rings. The molecule has 1 unspecified atom stereocenters. The number of amides is 1. The Kier molecular flexibility index (Phi) is 6.74. The Bertz CT molecular complexity index is 1100. The molecular weight excluding hydrogens is 400 g/mol. The van der Waals surface area contributed by atoms with E-state index in [4.69, 9.17) is 4.74 Å². The van der Waals surface area contributed by atoms with Gasteiger partial charge in [-0.3, -0.25) is 9.52 Å². The van der Waals surface area contributed by atoms with Crippen LogP contribution in [0.1, 0.15) is 18.9 Å². The second-order valence-corrected chi connectivity index (χ2v) is 8.45. The van der Waals surface area contributed by atoms with Crippen molar-refractivity contribution in [3.63, 3.8) is 0 Å². The number of sulfonamides is 1. The van der Waals surface area contributed by atoms with E-state index in [9.17, 15) is 13.2 Å². The maximum atomic E-state index is 12.6. The number of rotatable bonds is 8. The van der Waals surface area contributed by atoms with Crippen LogP contribution in [0.15, 0.2) is 83.8 Å². The fourth-order valence-corrected chi connectivity index (χ4v) is 3.88. The fourth-order valence-electron chi connectivity index (χ4n) is 2.82. The van der Waals surface area contributed by atoms with Crippen molar-refractivity contribution in [2.75, 3.05) is 10.0 Å². The van der Waals surface area contributed by atoms with Crippen LogP contribution >= 0.6 is 0 Å². The van der Waals surface area contributed by atoms with Crippen LogP contribution in [-0.4, -0.2) is 20.4 Å². The van der Waals surface area contributed by atoms with Gasteiger partial charge in [-0.1, -0.05) is 43.3 Å². The Morgan fingerprint density at radius 1 is 0.900 bits per heavy atom. The number of ether oxygens (including phenoxy) is 1. The van der Waals surface area contributed by atoms with Gasteiger partial charge in [0.25, 0.3) is 15.9 Å². The first kappa shape index (κ1) is 21.4. The Hall–Kier alpha value is -3.32. The molecule has 156 valence electrons. The molecule has 0 saturated heterocycles. The minimum absolute atomic E-state index is 0.104. The van der Waals surface area contributed by atoms with E-state index in [1.54, 1.807) is 36.4 Å². The lowest BCUT2D eigenvalue weighted by atomic mass is 10.2. The summed E-state index contributed by atoms with van der Waals surface area (Å²) in [6.45, 7) is 3.79. The summed E-state index contributed by atoms with van der Waals surface area (Å²) in [4.78, 5) is 12.7. The second kappa shape index (κ2) is 9.45. The molecular formula is C23H24N2O4S. The molecule has 3 aromatic carbocycles. The molecule has 0 heterocycles. The average Bonchev–Trinajstić information content (AvgIpc) is 2.74. The van der Waals surface area contributed by atoms with Gasteiger partial charge >= 0.3 is 0 Å². The van der Waals surface area contributed by atoms with E-state index in [2.05, 4.69) is 10.0 Å². The molecule has 1 amide bonds. The maximum absolute atomic E-state index is 12.6. The summed E-state index contributed by atoms with van der Waals surface area (Å²) in [5, 5.41) is 2.78. The molecule has 2 N–H and O–H groups in total. The molecule has 30 heavy (non-hydrogen) atoms. The Morgan fingerprint density at radius 3 is 2.17 bits per heavy atom. The predicted octanol–water partition coefficient (Wildman–Crippen LogP) is 4.59. The number of carbonyl (C=O) groups is 1. The normalized spacial score (nSPS) is 12.1. The van der Waals surface area contributed by atoms with E-state index >= 15 is 0 Å². The van der Waals surface area contributed by atoms with Gasteiger partial charge in [-0.2, -0.15) is 0 Å². The van der Waals surface area contributed by atoms with Crippen LogP contribution in [0.5, 0.6) is 5.75 Å². The van der Waals surface area contributed by atoms with Gasteiger partial charge in [0.05, 0.1) is 4.90 Å². The Morgan fingerprint density at radius 2 is 1.53 bits per heavy atom. The minimum atomic E-state index is -3.71. The van der Waals surface area contributed by atoms with E-state index in [0.29, 0.717) is 23.5 Å². The van der Waals surface area contributed by atoms with Crippen LogP contribution in [0.25, 0.3) is 0 Å². The van der Waals surface area contributed by atoms with E-state index in [-0.39, 0.29) is 10.8 Å². The van der Waals surface area contributed by atoms with Crippen LogP contribution in [0.4, 0.5) is 11.4 Å². The minimum Gasteiger partial charge on any atom is -0.480 e. The molecule has 3 aromatic rings. The standard InChI is InChI=1S/C23H24N2O4S/c1-3-21(29-22-12-8-7-9-17(22)2)23(26)24-18-13-15-20(16-14-18)30(27,28)25-19-10-5-4-6-11-19/h4-16,21,25H,3H2,1-2H3,(H,24,26). The number of para-hydroxylation sites is 2. The quantitative estimate of drug-likeness (QED) is 0.554. The van der Waals surface area contributed by atoms with Crippen LogP contribution in [0, 0.1) is 6.92 Å². The van der Waals surface area contributed by atoms with Crippen molar-refractivity contribution >= 4 is 27.3 Å². The molecule has 0 saturated carbocycles. The van der Waals surface area contributed by atoms with Gasteiger partial charge in [-0.15, -0.1) is 0 Å². The third-order valence-corrected chi connectivity index (χ3v) is 5.88. The van der Waals surface area contributed by atoms with Crippen molar-refractivity contribution in [2.24, 2.45) is 0 Å². The molecule has 0 aliphatic carbocycles. The zero-order valence-electron chi connectivity index (χ0n) is 16.8. The van der Waals surface area contributed by atoms with E-state index in [0.717, 1.165) is 5.56 Å². The first-order chi connectivity index (χ1) is 14.4. The van der Waals surface area contributed by atoms with Gasteiger partial charge in [0, 0.05) is 11.4 Å². The van der Waals surface area contributed by atoms with Crippen LogP contribution in [0.2, 0.25) is 0 Å². The Balaban J connectivity index is 1.67. The number of carbonyl (C=O) groups excluding carboxylic acids is 1. The lowest BCUT2D eigenvalue weighted by molar-refractivity contribution is -0.122. The molecule has 3 rings (SSSR count). The summed E-state index contributed by atoms with van der Waals surface area (Å²) >= 11 is 0. The van der Waals surface area contributed by atoms with Gasteiger partial charge < -0.3 is 10.1 Å². The van der Waals surface area contributed by atoms with E-state index in [1.165, 1.54) is 12.1 Å². The second-order valence-electron chi connectivity index (χ2n) is 6.77. The van der Waals surface area contributed by atoms with Crippen molar-refractivity contribution in [1.29, 1.82) is 0 Å². The van der Waals surface area contributed by atoms with Gasteiger partial charge in [-0.05, 0) is 61.4 Å². The van der Waals surface area contributed by atoms with Crippen molar-refractivity contribution in [3.8, 4) is 5.75 Å². The van der Waals surface area contributed by atoms with Gasteiger partial charge in [0.15, 0.2) is 6.10 Å². The summed E-state index contributed by atoms with van der Waals surface area (Å²) in [5.74, 6) is 0.367. The zero-order chi connectivity index (χ0) is 21.6. The van der Waals surface area contributed by atoms with Crippen molar-refractivity contribution < 1.29 is 17.9 Å². The van der Waals surface area contributed by atoms with Crippen molar-refractivity contribution in [3.05, 3.63) is 84.4 Å². The summed E-state index contributed by atoms with van der Waals surface area (Å²) in [6.07, 6.45) is -0.164. The predicted molar refractivity (Wildman–Crippen MR) is 118 cm³/mol. The van der Waals surface area contributed by atoms with Gasteiger partial charge in [-0.25, -0.2) is 8.42 Å².